The molecule has 0 saturated carbocycles. The molecule has 0 saturated heterocycles. The van der Waals surface area contributed by atoms with Gasteiger partial charge in [0.2, 0.25) is 0 Å². The van der Waals surface area contributed by atoms with Crippen molar-refractivity contribution >= 4 is 48.3 Å². The van der Waals surface area contributed by atoms with E-state index in [1.807, 2.05) is 24.3 Å². The third-order valence-corrected chi connectivity index (χ3v) is 13.5. The van der Waals surface area contributed by atoms with E-state index in [0.29, 0.717) is 34.4 Å². The lowest BCUT2D eigenvalue weighted by atomic mass is 10.0. The molecule has 0 aliphatic rings. The maximum Gasteiger partial charge on any atom is 0.267 e. The van der Waals surface area contributed by atoms with E-state index in [2.05, 4.69) is 68.5 Å². The first-order valence-corrected chi connectivity index (χ1v) is 18.5. The maximum atomic E-state index is 12.9. The summed E-state index contributed by atoms with van der Waals surface area (Å²) in [6, 6.07) is 18.7. The number of aliphatic hydroxyl groups is 1. The number of H-pyrrole nitrogens is 1. The summed E-state index contributed by atoms with van der Waals surface area (Å²) in [6.07, 6.45) is 0.544. The summed E-state index contributed by atoms with van der Waals surface area (Å²) in [5, 5.41) is 28.5. The van der Waals surface area contributed by atoms with Crippen LogP contribution in [0.15, 0.2) is 60.7 Å². The highest BCUT2D eigenvalue weighted by Crippen LogP contribution is 2.40. The molecule has 1 amide bonds. The molecule has 236 valence electrons. The number of carbonyl (C=O) groups excluding carboxylic acids is 1. The molecule has 7 nitrogen and oxygen atoms in total. The number of halogens is 2. The summed E-state index contributed by atoms with van der Waals surface area (Å²) in [5.41, 5.74) is 4.72. The molecule has 2 atom stereocenters. The Hall–Kier alpha value is -2.85. The van der Waals surface area contributed by atoms with E-state index in [9.17, 15) is 15.0 Å². The van der Waals surface area contributed by atoms with Crippen molar-refractivity contribution in [1.29, 1.82) is 0 Å². The van der Waals surface area contributed by atoms with Gasteiger partial charge in [0.05, 0.1) is 12.7 Å². The first-order valence-electron chi connectivity index (χ1n) is 14.8. The van der Waals surface area contributed by atoms with Gasteiger partial charge in [-0.3, -0.25) is 4.79 Å². The number of carbonyl (C=O) groups is 1. The van der Waals surface area contributed by atoms with E-state index in [0.717, 1.165) is 34.0 Å². The van der Waals surface area contributed by atoms with Crippen LogP contribution >= 0.6 is 23.2 Å². The second-order valence-electron chi connectivity index (χ2n) is 12.9. The summed E-state index contributed by atoms with van der Waals surface area (Å²) in [6.45, 7) is 13.9. The van der Waals surface area contributed by atoms with Crippen LogP contribution in [0.25, 0.3) is 10.9 Å². The van der Waals surface area contributed by atoms with Gasteiger partial charge in [-0.2, -0.15) is 0 Å². The van der Waals surface area contributed by atoms with Gasteiger partial charge in [-0.1, -0.05) is 62.2 Å². The molecule has 5 N–H and O–H groups in total. The Morgan fingerprint density at radius 2 is 1.77 bits per heavy atom. The normalized spacial score (nSPS) is 13.7. The van der Waals surface area contributed by atoms with Gasteiger partial charge in [-0.15, -0.1) is 0 Å². The Bertz CT molecular complexity index is 1620. The number of aromatic hydroxyl groups is 1. The first-order chi connectivity index (χ1) is 20.7. The molecule has 0 fully saturated rings. The molecule has 10 heteroatoms. The Balaban J connectivity index is 1.42. The zero-order valence-electron chi connectivity index (χ0n) is 26.2. The Kier molecular flexibility index (Phi) is 10.9. The smallest absolute Gasteiger partial charge is 0.267 e. The molecule has 0 aliphatic heterocycles. The maximum absolute atomic E-state index is 12.9. The van der Waals surface area contributed by atoms with Crippen molar-refractivity contribution in [3.05, 3.63) is 98.7 Å². The topological polar surface area (TPSA) is 107 Å². The lowest BCUT2D eigenvalue weighted by molar-refractivity contribution is 0.0946. The third-order valence-electron chi connectivity index (χ3n) is 8.47. The van der Waals surface area contributed by atoms with E-state index in [1.165, 1.54) is 0 Å². The Morgan fingerprint density at radius 3 is 2.45 bits per heavy atom. The van der Waals surface area contributed by atoms with Crippen LogP contribution in [0.5, 0.6) is 5.75 Å². The van der Waals surface area contributed by atoms with Crippen molar-refractivity contribution in [1.82, 2.24) is 15.6 Å². The molecule has 4 rings (SSSR count). The van der Waals surface area contributed by atoms with Gasteiger partial charge in [0.15, 0.2) is 8.32 Å². The van der Waals surface area contributed by atoms with E-state index < -0.39 is 8.32 Å². The second kappa shape index (κ2) is 14.1. The zero-order chi connectivity index (χ0) is 32.2. The molecule has 0 radical (unpaired) electrons. The summed E-state index contributed by atoms with van der Waals surface area (Å²) in [5.74, 6) is -0.134. The van der Waals surface area contributed by atoms with Crippen LogP contribution in [0.2, 0.25) is 28.2 Å². The number of hydrogen-bond donors (Lipinski definition) is 5. The van der Waals surface area contributed by atoms with Crippen LogP contribution < -0.4 is 10.6 Å². The molecule has 3 aromatic carbocycles. The molecule has 1 heterocycles. The van der Waals surface area contributed by atoms with E-state index in [-0.39, 0.29) is 35.4 Å². The number of aromatic amines is 1. The summed E-state index contributed by atoms with van der Waals surface area (Å²) >= 11 is 12.2. The molecule has 0 spiro atoms. The van der Waals surface area contributed by atoms with Crippen LogP contribution in [0.4, 0.5) is 0 Å². The lowest BCUT2D eigenvalue weighted by Gasteiger charge is -2.40. The fraction of sp³-hybridized carbons (Fsp3) is 0.382. The predicted octanol–water partition coefficient (Wildman–Crippen LogP) is 7.89. The van der Waals surface area contributed by atoms with Crippen LogP contribution in [-0.4, -0.2) is 42.0 Å². The third kappa shape index (κ3) is 8.44. The minimum atomic E-state index is -2.12. The monoisotopic (exact) mass is 655 g/mol. The van der Waals surface area contributed by atoms with Gasteiger partial charge in [0.25, 0.3) is 5.91 Å². The van der Waals surface area contributed by atoms with Crippen molar-refractivity contribution in [3.63, 3.8) is 0 Å². The molecular formula is C34H43Cl2N3O4Si. The molecular weight excluding hydrogens is 613 g/mol. The van der Waals surface area contributed by atoms with Crippen LogP contribution in [0.1, 0.15) is 66.5 Å². The van der Waals surface area contributed by atoms with E-state index in [4.69, 9.17) is 27.6 Å². The predicted molar refractivity (Wildman–Crippen MR) is 182 cm³/mol. The average Bonchev–Trinajstić information content (AvgIpc) is 3.38. The minimum Gasteiger partial charge on any atom is -0.508 e. The molecule has 0 aliphatic carbocycles. The number of phenols is 1. The van der Waals surface area contributed by atoms with Crippen molar-refractivity contribution in [2.45, 2.75) is 77.5 Å². The van der Waals surface area contributed by atoms with E-state index in [1.54, 1.807) is 24.3 Å². The summed E-state index contributed by atoms with van der Waals surface area (Å²) < 4.78 is 6.83. The minimum absolute atomic E-state index is 0.0260. The standard InChI is InChI=1S/C34H43Cl2N3O4Si/c1-21(37-19-32(43-44(5,6)34(2,3)4)23-9-12-31(41)26(15-23)20-40)13-22-7-11-29-25(14-22)16-30(39-29)33(42)38-18-24-8-10-27(35)17-28(24)36/h7-12,14-17,21,32,37,39-41H,13,18-20H2,1-6H3,(H,38,42)/t21-,32+/m1/s1. The van der Waals surface area contributed by atoms with Crippen molar-refractivity contribution in [2.24, 2.45) is 0 Å². The lowest BCUT2D eigenvalue weighted by Crippen LogP contribution is -2.44. The largest absolute Gasteiger partial charge is 0.508 e. The van der Waals surface area contributed by atoms with Gasteiger partial charge in [0.1, 0.15) is 11.4 Å². The van der Waals surface area contributed by atoms with E-state index >= 15 is 0 Å². The molecule has 0 unspecified atom stereocenters. The molecule has 44 heavy (non-hydrogen) atoms. The highest BCUT2D eigenvalue weighted by Gasteiger charge is 2.39. The van der Waals surface area contributed by atoms with Crippen molar-refractivity contribution in [3.8, 4) is 5.75 Å². The number of benzene rings is 3. The Labute approximate surface area is 271 Å². The van der Waals surface area contributed by atoms with Gasteiger partial charge in [0, 0.05) is 45.6 Å². The highest BCUT2D eigenvalue weighted by molar-refractivity contribution is 6.74. The average molecular weight is 657 g/mol. The summed E-state index contributed by atoms with van der Waals surface area (Å²) in [7, 11) is -2.12. The van der Waals surface area contributed by atoms with Gasteiger partial charge >= 0.3 is 0 Å². The second-order valence-corrected chi connectivity index (χ2v) is 18.5. The number of aliphatic hydroxyl groups excluding tert-OH is 1. The first kappa shape index (κ1) is 34.0. The number of fused-ring (bicyclic) bond motifs is 1. The number of hydrogen-bond acceptors (Lipinski definition) is 5. The number of nitrogens with one attached hydrogen (secondary N) is 3. The van der Waals surface area contributed by atoms with Gasteiger partial charge < -0.3 is 30.3 Å². The SMILES string of the molecule is C[C@H](Cc1ccc2[nH]c(C(=O)NCc3ccc(Cl)cc3Cl)cc2c1)NC[C@H](O[Si](C)(C)C(C)(C)C)c1ccc(O)c(CO)c1. The fourth-order valence-electron chi connectivity index (χ4n) is 4.79. The fourth-order valence-corrected chi connectivity index (χ4v) is 6.55. The molecule has 4 aromatic rings. The van der Waals surface area contributed by atoms with Gasteiger partial charge in [-0.25, -0.2) is 0 Å². The van der Waals surface area contributed by atoms with Crippen LogP contribution in [-0.2, 0) is 24.0 Å². The number of amides is 1. The zero-order valence-corrected chi connectivity index (χ0v) is 28.7. The number of rotatable bonds is 12. The number of aromatic nitrogens is 1. The van der Waals surface area contributed by atoms with Crippen molar-refractivity contribution < 1.29 is 19.4 Å². The quantitative estimate of drug-likeness (QED) is 0.0998. The summed E-state index contributed by atoms with van der Waals surface area (Å²) in [4.78, 5) is 16.1. The molecule has 1 aromatic heterocycles. The van der Waals surface area contributed by atoms with Gasteiger partial charge in [-0.05, 0) is 90.6 Å². The van der Waals surface area contributed by atoms with Crippen molar-refractivity contribution in [2.75, 3.05) is 6.54 Å². The highest BCUT2D eigenvalue weighted by atomic mass is 35.5. The molecule has 0 bridgehead atoms. The Morgan fingerprint density at radius 1 is 1.02 bits per heavy atom. The van der Waals surface area contributed by atoms with Crippen LogP contribution in [0, 0.1) is 0 Å². The van der Waals surface area contributed by atoms with Crippen LogP contribution in [0.3, 0.4) is 0 Å².